The van der Waals surface area contributed by atoms with Crippen LogP contribution < -0.4 is 64.2 Å². The van der Waals surface area contributed by atoms with Gasteiger partial charge in [0.05, 0.1) is 6.61 Å². The Morgan fingerprint density at radius 2 is 1.33 bits per heavy atom. The van der Waals surface area contributed by atoms with E-state index in [-0.39, 0.29) is 78.3 Å². The Labute approximate surface area is 152 Å². The second-order valence-corrected chi connectivity index (χ2v) is 2.18. The molecule has 8 heteroatoms. The quantitative estimate of drug-likeness (QED) is 0.355. The van der Waals surface area contributed by atoms with Crippen LogP contribution in [0.25, 0.3) is 0 Å². The summed E-state index contributed by atoms with van der Waals surface area (Å²) in [5.41, 5.74) is 0. The molecule has 18 heavy (non-hydrogen) atoms. The third-order valence-electron chi connectivity index (χ3n) is 1.06. The smallest absolute Gasteiger partial charge is 0.550 e. The fourth-order valence-electron chi connectivity index (χ4n) is 0.504. The van der Waals surface area contributed by atoms with E-state index in [9.17, 15) is 9.90 Å². The topological polar surface area (TPSA) is 92.7 Å². The number of rotatable bonds is 6. The van der Waals surface area contributed by atoms with E-state index < -0.39 is 5.97 Å². The van der Waals surface area contributed by atoms with Crippen molar-refractivity contribution < 1.29 is 88.1 Å². The maximum Gasteiger partial charge on any atom is 1.00 e. The van der Waals surface area contributed by atoms with E-state index in [1.54, 1.807) is 0 Å². The second kappa shape index (κ2) is 36.1. The average molecular weight is 281 g/mol. The van der Waals surface area contributed by atoms with E-state index in [2.05, 4.69) is 0 Å². The SMILES string of the molecule is CCOCC.CCOCCC(=O)[O-].O=C=O.[Na+].[Na+]. The molecule has 0 heterocycles. The molecule has 0 aliphatic carbocycles. The van der Waals surface area contributed by atoms with Gasteiger partial charge < -0.3 is 19.4 Å². The second-order valence-electron chi connectivity index (χ2n) is 2.18. The predicted molar refractivity (Wildman–Crippen MR) is 53.3 cm³/mol. The molecule has 0 aromatic carbocycles. The average Bonchev–Trinajstić information content (AvgIpc) is 2.21. The minimum Gasteiger partial charge on any atom is -0.550 e. The third kappa shape index (κ3) is 69.1. The van der Waals surface area contributed by atoms with Gasteiger partial charge >= 0.3 is 65.3 Å². The zero-order valence-electron chi connectivity index (χ0n) is 12.0. The Bertz CT molecular complexity index is 170. The number of hydrogen-bond donors (Lipinski definition) is 0. The molecule has 0 aliphatic heterocycles. The first-order chi connectivity index (χ1) is 7.60. The van der Waals surface area contributed by atoms with Gasteiger partial charge in [-0.3, -0.25) is 0 Å². The normalized spacial score (nSPS) is 6.83. The summed E-state index contributed by atoms with van der Waals surface area (Å²) in [4.78, 5) is 25.9. The minimum atomic E-state index is -1.06. The Morgan fingerprint density at radius 1 is 1.00 bits per heavy atom. The van der Waals surface area contributed by atoms with Crippen LogP contribution in [0.3, 0.4) is 0 Å². The van der Waals surface area contributed by atoms with E-state index in [1.165, 1.54) is 0 Å². The molecule has 0 amide bonds. The van der Waals surface area contributed by atoms with Crippen molar-refractivity contribution in [2.75, 3.05) is 26.4 Å². The molecule has 0 aromatic rings. The molecule has 0 fully saturated rings. The molecule has 0 unspecified atom stereocenters. The zero-order valence-corrected chi connectivity index (χ0v) is 16.0. The van der Waals surface area contributed by atoms with Gasteiger partial charge in [-0.2, -0.15) is 9.59 Å². The molecule has 0 rings (SSSR count). The zero-order chi connectivity index (χ0) is 13.2. The van der Waals surface area contributed by atoms with Crippen molar-refractivity contribution in [2.24, 2.45) is 0 Å². The predicted octanol–water partition coefficient (Wildman–Crippen LogP) is -6.37. The van der Waals surface area contributed by atoms with Crippen LogP contribution in [0.15, 0.2) is 0 Å². The molecule has 6 nitrogen and oxygen atoms in total. The van der Waals surface area contributed by atoms with E-state index in [0.717, 1.165) is 13.2 Å². The first-order valence-corrected chi connectivity index (χ1v) is 4.95. The van der Waals surface area contributed by atoms with Crippen LogP contribution in [-0.2, 0) is 23.9 Å². The maximum atomic E-state index is 9.68. The van der Waals surface area contributed by atoms with Crippen LogP contribution in [0.5, 0.6) is 0 Å². The summed E-state index contributed by atoms with van der Waals surface area (Å²) in [7, 11) is 0. The molecule has 0 aliphatic rings. The fourth-order valence-corrected chi connectivity index (χ4v) is 0.504. The van der Waals surface area contributed by atoms with E-state index in [1.807, 2.05) is 20.8 Å². The molecule has 0 N–H and O–H groups in total. The molecule has 0 atom stereocenters. The Hall–Kier alpha value is 0.770. The van der Waals surface area contributed by atoms with Crippen molar-refractivity contribution >= 4 is 12.1 Å². The molecule has 0 saturated heterocycles. The molecule has 0 aromatic heterocycles. The van der Waals surface area contributed by atoms with Gasteiger partial charge in [-0.25, -0.2) is 0 Å². The third-order valence-corrected chi connectivity index (χ3v) is 1.06. The largest absolute Gasteiger partial charge is 1.00 e. The van der Waals surface area contributed by atoms with Crippen molar-refractivity contribution in [2.45, 2.75) is 27.2 Å². The monoisotopic (exact) mass is 281 g/mol. The summed E-state index contributed by atoms with van der Waals surface area (Å²) in [6, 6.07) is 0. The van der Waals surface area contributed by atoms with Crippen molar-refractivity contribution in [3.63, 3.8) is 0 Å². The standard InChI is InChI=1S/C5H10O3.C4H10O.CO2.2Na/c1-2-8-4-3-5(6)7;1-3-5-4-2;2-1-3;;/h2-4H2,1H3,(H,6,7);3-4H2,1-2H3;;;/q;;;2*+1/p-1. The summed E-state index contributed by atoms with van der Waals surface area (Å²) in [5, 5.41) is 9.68. The summed E-state index contributed by atoms with van der Waals surface area (Å²) in [6.07, 6.45) is 0.244. The molecule has 0 radical (unpaired) electrons. The number of carboxylic acids is 1. The van der Waals surface area contributed by atoms with E-state index >= 15 is 0 Å². The maximum absolute atomic E-state index is 9.68. The Balaban J connectivity index is -0.0000000494. The van der Waals surface area contributed by atoms with Gasteiger partial charge in [-0.05, 0) is 20.8 Å². The van der Waals surface area contributed by atoms with Gasteiger partial charge in [0.1, 0.15) is 0 Å². The van der Waals surface area contributed by atoms with E-state index in [4.69, 9.17) is 19.1 Å². The fraction of sp³-hybridized carbons (Fsp3) is 0.800. The summed E-state index contributed by atoms with van der Waals surface area (Å²) in [5.74, 6) is -1.06. The summed E-state index contributed by atoms with van der Waals surface area (Å²) < 4.78 is 9.56. The van der Waals surface area contributed by atoms with Crippen molar-refractivity contribution in [1.82, 2.24) is 0 Å². The van der Waals surface area contributed by atoms with Crippen LogP contribution in [0.2, 0.25) is 0 Å². The van der Waals surface area contributed by atoms with Gasteiger partial charge in [-0.1, -0.05) is 0 Å². The van der Waals surface area contributed by atoms with Gasteiger partial charge in [0.15, 0.2) is 0 Å². The number of carbonyl (C=O) groups is 1. The number of ether oxygens (including phenoxy) is 2. The molecular formula is C10H19Na2O6+. The van der Waals surface area contributed by atoms with Gasteiger partial charge in [0.2, 0.25) is 0 Å². The molecule has 0 spiro atoms. The number of carboxylic acid groups (broad SMARTS) is 1. The van der Waals surface area contributed by atoms with Crippen molar-refractivity contribution in [1.29, 1.82) is 0 Å². The van der Waals surface area contributed by atoms with Crippen LogP contribution in [0.1, 0.15) is 27.2 Å². The van der Waals surface area contributed by atoms with Crippen LogP contribution in [0, 0.1) is 0 Å². The van der Waals surface area contributed by atoms with Crippen LogP contribution >= 0.6 is 0 Å². The molecule has 0 saturated carbocycles. The van der Waals surface area contributed by atoms with Crippen molar-refractivity contribution in [3.05, 3.63) is 0 Å². The van der Waals surface area contributed by atoms with Crippen LogP contribution in [0.4, 0.5) is 0 Å². The first-order valence-electron chi connectivity index (χ1n) is 4.95. The summed E-state index contributed by atoms with van der Waals surface area (Å²) >= 11 is 0. The van der Waals surface area contributed by atoms with Crippen molar-refractivity contribution in [3.8, 4) is 0 Å². The minimum absolute atomic E-state index is 0. The number of carbonyl (C=O) groups excluding carboxylic acids is 3. The first kappa shape index (κ1) is 31.3. The van der Waals surface area contributed by atoms with Gasteiger partial charge in [-0.15, -0.1) is 0 Å². The van der Waals surface area contributed by atoms with Gasteiger partial charge in [0, 0.05) is 32.2 Å². The van der Waals surface area contributed by atoms with E-state index in [0.29, 0.717) is 6.61 Å². The molecular weight excluding hydrogens is 262 g/mol. The van der Waals surface area contributed by atoms with Crippen LogP contribution in [-0.4, -0.2) is 38.5 Å². The van der Waals surface area contributed by atoms with Gasteiger partial charge in [0.25, 0.3) is 0 Å². The summed E-state index contributed by atoms with van der Waals surface area (Å²) in [6.45, 7) is 8.31. The Kier molecular flexibility index (Phi) is 62.6. The number of hydrogen-bond acceptors (Lipinski definition) is 6. The molecule has 0 bridgehead atoms. The number of aliphatic carboxylic acids is 1. The molecule has 96 valence electrons. The Morgan fingerprint density at radius 3 is 1.50 bits per heavy atom.